The Balaban J connectivity index is 1.75. The Morgan fingerprint density at radius 1 is 1.21 bits per heavy atom. The second-order valence-corrected chi connectivity index (χ2v) is 9.06. The van der Waals surface area contributed by atoms with Gasteiger partial charge in [0.1, 0.15) is 5.65 Å². The lowest BCUT2D eigenvalue weighted by Crippen LogP contribution is -2.27. The number of methoxy groups -OCH3 is 1. The van der Waals surface area contributed by atoms with Crippen LogP contribution in [0.5, 0.6) is 0 Å². The monoisotopic (exact) mass is 464 g/mol. The van der Waals surface area contributed by atoms with Gasteiger partial charge in [0.25, 0.3) is 0 Å². The molecule has 3 heterocycles. The maximum atomic E-state index is 13.0. The maximum absolute atomic E-state index is 13.0. The van der Waals surface area contributed by atoms with E-state index in [2.05, 4.69) is 24.5 Å². The molecule has 3 aromatic rings. The van der Waals surface area contributed by atoms with Crippen molar-refractivity contribution in [2.75, 3.05) is 31.0 Å². The summed E-state index contributed by atoms with van der Waals surface area (Å²) in [7, 11) is 1.35. The SMILES string of the molecule is COC(=O)c1c(NC(=O)Cc2ccccc2)c2cc(NC3CCOCC3)cnc2n1CC(C)C. The third kappa shape index (κ3) is 5.39. The number of aromatic nitrogens is 2. The fourth-order valence-corrected chi connectivity index (χ4v) is 4.32. The molecule has 0 saturated carbocycles. The lowest BCUT2D eigenvalue weighted by atomic mass is 10.1. The average molecular weight is 465 g/mol. The van der Waals surface area contributed by atoms with E-state index in [0.29, 0.717) is 35.0 Å². The van der Waals surface area contributed by atoms with Gasteiger partial charge in [0, 0.05) is 31.2 Å². The summed E-state index contributed by atoms with van der Waals surface area (Å²) < 4.78 is 12.4. The molecule has 180 valence electrons. The van der Waals surface area contributed by atoms with E-state index in [1.807, 2.05) is 41.0 Å². The van der Waals surface area contributed by atoms with Crippen molar-refractivity contribution >= 4 is 34.3 Å². The first kappa shape index (κ1) is 23.8. The van der Waals surface area contributed by atoms with Crippen LogP contribution in [-0.2, 0) is 27.2 Å². The first-order chi connectivity index (χ1) is 16.5. The lowest BCUT2D eigenvalue weighted by Gasteiger charge is -2.24. The Hall–Kier alpha value is -3.39. The second kappa shape index (κ2) is 10.7. The smallest absolute Gasteiger partial charge is 0.356 e. The predicted molar refractivity (Wildman–Crippen MR) is 132 cm³/mol. The number of hydrogen-bond donors (Lipinski definition) is 2. The highest BCUT2D eigenvalue weighted by Crippen LogP contribution is 2.34. The summed E-state index contributed by atoms with van der Waals surface area (Å²) in [5, 5.41) is 7.23. The van der Waals surface area contributed by atoms with Crippen LogP contribution >= 0.6 is 0 Å². The highest BCUT2D eigenvalue weighted by atomic mass is 16.5. The molecule has 1 amide bonds. The number of carbonyl (C=O) groups is 2. The van der Waals surface area contributed by atoms with Crippen LogP contribution < -0.4 is 10.6 Å². The number of carbonyl (C=O) groups excluding carboxylic acids is 2. The van der Waals surface area contributed by atoms with Crippen LogP contribution in [0.3, 0.4) is 0 Å². The van der Waals surface area contributed by atoms with E-state index < -0.39 is 5.97 Å². The molecule has 8 nitrogen and oxygen atoms in total. The van der Waals surface area contributed by atoms with Gasteiger partial charge in [-0.2, -0.15) is 0 Å². The van der Waals surface area contributed by atoms with Gasteiger partial charge < -0.3 is 24.7 Å². The van der Waals surface area contributed by atoms with Crippen molar-refractivity contribution in [3.63, 3.8) is 0 Å². The van der Waals surface area contributed by atoms with E-state index in [1.165, 1.54) is 7.11 Å². The van der Waals surface area contributed by atoms with Crippen LogP contribution in [0.2, 0.25) is 0 Å². The van der Waals surface area contributed by atoms with Gasteiger partial charge >= 0.3 is 5.97 Å². The van der Waals surface area contributed by atoms with Crippen LogP contribution in [0, 0.1) is 5.92 Å². The van der Waals surface area contributed by atoms with Crippen molar-refractivity contribution in [2.45, 2.75) is 45.7 Å². The van der Waals surface area contributed by atoms with Gasteiger partial charge in [-0.3, -0.25) is 4.79 Å². The molecule has 1 aliphatic heterocycles. The van der Waals surface area contributed by atoms with E-state index in [1.54, 1.807) is 6.20 Å². The molecule has 0 radical (unpaired) electrons. The Morgan fingerprint density at radius 2 is 1.94 bits per heavy atom. The lowest BCUT2D eigenvalue weighted by molar-refractivity contribution is -0.115. The molecule has 2 N–H and O–H groups in total. The number of nitrogens with one attached hydrogen (secondary N) is 2. The molecular weight excluding hydrogens is 432 g/mol. The number of pyridine rings is 1. The number of benzene rings is 1. The van der Waals surface area contributed by atoms with Crippen molar-refractivity contribution in [1.82, 2.24) is 9.55 Å². The van der Waals surface area contributed by atoms with E-state index in [0.717, 1.165) is 37.3 Å². The molecule has 0 atom stereocenters. The Bertz CT molecular complexity index is 1150. The zero-order chi connectivity index (χ0) is 24.1. The predicted octanol–water partition coefficient (Wildman–Crippen LogP) is 4.25. The molecule has 0 unspecified atom stereocenters. The molecular formula is C26H32N4O4. The molecule has 0 spiro atoms. The van der Waals surface area contributed by atoms with Crippen molar-refractivity contribution in [2.24, 2.45) is 5.92 Å². The summed E-state index contributed by atoms with van der Waals surface area (Å²) in [5.74, 6) is -0.455. The quantitative estimate of drug-likeness (QED) is 0.484. The molecule has 1 aliphatic rings. The summed E-state index contributed by atoms with van der Waals surface area (Å²) in [6.07, 6.45) is 3.82. The Kier molecular flexibility index (Phi) is 7.47. The third-order valence-corrected chi connectivity index (χ3v) is 5.89. The van der Waals surface area contributed by atoms with Gasteiger partial charge in [0.05, 0.1) is 31.1 Å². The van der Waals surface area contributed by atoms with Crippen molar-refractivity contribution in [3.05, 3.63) is 53.9 Å². The first-order valence-corrected chi connectivity index (χ1v) is 11.7. The number of anilines is 2. The van der Waals surface area contributed by atoms with Crippen molar-refractivity contribution in [3.8, 4) is 0 Å². The summed E-state index contributed by atoms with van der Waals surface area (Å²) in [4.78, 5) is 30.6. The number of ether oxygens (including phenoxy) is 2. The molecule has 1 saturated heterocycles. The van der Waals surface area contributed by atoms with Crippen LogP contribution in [0.1, 0.15) is 42.7 Å². The summed E-state index contributed by atoms with van der Waals surface area (Å²) in [6, 6.07) is 11.8. The summed E-state index contributed by atoms with van der Waals surface area (Å²) >= 11 is 0. The molecule has 2 aromatic heterocycles. The standard InChI is InChI=1S/C26H32N4O4/c1-17(2)16-30-24(26(32)33-3)23(29-22(31)13-18-7-5-4-6-8-18)21-14-20(15-27-25(21)30)28-19-9-11-34-12-10-19/h4-8,14-15,17,19,28H,9-13,16H2,1-3H3,(H,29,31). The van der Waals surface area contributed by atoms with E-state index in [4.69, 9.17) is 14.5 Å². The average Bonchev–Trinajstić information content (AvgIpc) is 3.11. The molecule has 0 aliphatic carbocycles. The highest BCUT2D eigenvalue weighted by Gasteiger charge is 2.27. The van der Waals surface area contributed by atoms with E-state index in [-0.39, 0.29) is 18.2 Å². The first-order valence-electron chi connectivity index (χ1n) is 11.7. The van der Waals surface area contributed by atoms with Gasteiger partial charge in [0.2, 0.25) is 5.91 Å². The zero-order valence-corrected chi connectivity index (χ0v) is 20.0. The van der Waals surface area contributed by atoms with Gasteiger partial charge in [0.15, 0.2) is 5.69 Å². The van der Waals surface area contributed by atoms with Gasteiger partial charge in [-0.15, -0.1) is 0 Å². The van der Waals surface area contributed by atoms with Crippen molar-refractivity contribution < 1.29 is 19.1 Å². The molecule has 34 heavy (non-hydrogen) atoms. The van der Waals surface area contributed by atoms with Gasteiger partial charge in [-0.05, 0) is 30.4 Å². The third-order valence-electron chi connectivity index (χ3n) is 5.89. The highest BCUT2D eigenvalue weighted by molar-refractivity contribution is 6.11. The molecule has 1 fully saturated rings. The number of rotatable bonds is 8. The minimum atomic E-state index is -0.507. The number of amides is 1. The summed E-state index contributed by atoms with van der Waals surface area (Å²) in [6.45, 7) is 6.16. The Labute approximate surface area is 199 Å². The molecule has 4 rings (SSSR count). The maximum Gasteiger partial charge on any atom is 0.356 e. The minimum Gasteiger partial charge on any atom is -0.464 e. The molecule has 8 heteroatoms. The number of esters is 1. The topological polar surface area (TPSA) is 94.5 Å². The number of nitrogens with zero attached hydrogens (tertiary/aromatic N) is 2. The van der Waals surface area contributed by atoms with E-state index >= 15 is 0 Å². The normalized spacial score (nSPS) is 14.4. The minimum absolute atomic E-state index is 0.200. The number of fused-ring (bicyclic) bond motifs is 1. The Morgan fingerprint density at radius 3 is 2.62 bits per heavy atom. The van der Waals surface area contributed by atoms with Gasteiger partial charge in [-0.25, -0.2) is 9.78 Å². The van der Waals surface area contributed by atoms with Crippen LogP contribution in [0.4, 0.5) is 11.4 Å². The van der Waals surface area contributed by atoms with E-state index in [9.17, 15) is 9.59 Å². The van der Waals surface area contributed by atoms with Gasteiger partial charge in [-0.1, -0.05) is 44.2 Å². The fraction of sp³-hybridized carbons (Fsp3) is 0.423. The molecule has 0 bridgehead atoms. The fourth-order valence-electron chi connectivity index (χ4n) is 4.32. The zero-order valence-electron chi connectivity index (χ0n) is 20.0. The number of hydrogen-bond acceptors (Lipinski definition) is 6. The second-order valence-electron chi connectivity index (χ2n) is 9.06. The van der Waals surface area contributed by atoms with Crippen molar-refractivity contribution in [1.29, 1.82) is 0 Å². The van der Waals surface area contributed by atoms with Crippen LogP contribution in [0.25, 0.3) is 11.0 Å². The largest absolute Gasteiger partial charge is 0.464 e. The summed E-state index contributed by atoms with van der Waals surface area (Å²) in [5.41, 5.74) is 3.12. The van der Waals surface area contributed by atoms with Crippen LogP contribution in [-0.4, -0.2) is 47.8 Å². The van der Waals surface area contributed by atoms with Crippen LogP contribution in [0.15, 0.2) is 42.6 Å². The molecule has 1 aromatic carbocycles.